The van der Waals surface area contributed by atoms with Gasteiger partial charge in [0, 0.05) is 18.4 Å². The minimum Gasteiger partial charge on any atom is -0.368 e. The third-order valence-electron chi connectivity index (χ3n) is 2.21. The number of carbonyl (C=O) groups is 3. The van der Waals surface area contributed by atoms with Crippen LogP contribution in [0.5, 0.6) is 0 Å². The zero-order valence-electron chi connectivity index (χ0n) is 9.61. The first-order valence-corrected chi connectivity index (χ1v) is 5.33. The highest BCUT2D eigenvalue weighted by Crippen LogP contribution is 2.07. The molecule has 0 atom stereocenters. The van der Waals surface area contributed by atoms with Gasteiger partial charge in [-0.15, -0.1) is 0 Å². The van der Waals surface area contributed by atoms with Crippen LogP contribution in [0, 0.1) is 5.82 Å². The van der Waals surface area contributed by atoms with Gasteiger partial charge < -0.3 is 11.1 Å². The molecular formula is C12H13FN2O3. The Morgan fingerprint density at radius 3 is 2.28 bits per heavy atom. The summed E-state index contributed by atoms with van der Waals surface area (Å²) in [6.07, 6.45) is -0.0419. The number of benzene rings is 1. The van der Waals surface area contributed by atoms with Crippen molar-refractivity contribution in [2.75, 3.05) is 6.54 Å². The molecule has 0 unspecified atom stereocenters. The molecule has 0 fully saturated rings. The average molecular weight is 252 g/mol. The molecule has 6 heteroatoms. The molecule has 5 nitrogen and oxygen atoms in total. The lowest BCUT2D eigenvalue weighted by Crippen LogP contribution is -2.33. The van der Waals surface area contributed by atoms with Gasteiger partial charge in [0.1, 0.15) is 5.82 Å². The van der Waals surface area contributed by atoms with Crippen LogP contribution in [0.15, 0.2) is 24.3 Å². The molecule has 2 amide bonds. The highest BCUT2D eigenvalue weighted by molar-refractivity contribution is 5.98. The second-order valence-electron chi connectivity index (χ2n) is 3.67. The van der Waals surface area contributed by atoms with Crippen LogP contribution < -0.4 is 11.1 Å². The van der Waals surface area contributed by atoms with E-state index in [2.05, 4.69) is 5.32 Å². The molecule has 0 heterocycles. The van der Waals surface area contributed by atoms with Crippen molar-refractivity contribution in [1.82, 2.24) is 5.32 Å². The summed E-state index contributed by atoms with van der Waals surface area (Å²) >= 11 is 0. The number of nitrogens with one attached hydrogen (secondary N) is 1. The second-order valence-corrected chi connectivity index (χ2v) is 3.67. The van der Waals surface area contributed by atoms with E-state index in [4.69, 9.17) is 5.73 Å². The third-order valence-corrected chi connectivity index (χ3v) is 2.21. The van der Waals surface area contributed by atoms with Gasteiger partial charge in [0.05, 0.1) is 6.54 Å². The molecule has 0 radical (unpaired) electrons. The molecule has 1 aromatic rings. The molecule has 96 valence electrons. The summed E-state index contributed by atoms with van der Waals surface area (Å²) in [5.41, 5.74) is 5.19. The molecule has 0 bridgehead atoms. The summed E-state index contributed by atoms with van der Waals surface area (Å²) in [6, 6.07) is 5.08. The first-order valence-electron chi connectivity index (χ1n) is 5.33. The predicted molar refractivity (Wildman–Crippen MR) is 62.2 cm³/mol. The fourth-order valence-corrected chi connectivity index (χ4v) is 1.28. The van der Waals surface area contributed by atoms with Gasteiger partial charge >= 0.3 is 0 Å². The van der Waals surface area contributed by atoms with Crippen LogP contribution in [0.25, 0.3) is 0 Å². The molecule has 0 aliphatic heterocycles. The Balaban J connectivity index is 2.39. The Labute approximate surface area is 103 Å². The van der Waals surface area contributed by atoms with Crippen molar-refractivity contribution in [1.29, 1.82) is 0 Å². The zero-order chi connectivity index (χ0) is 13.5. The summed E-state index contributed by atoms with van der Waals surface area (Å²) in [7, 11) is 0. The molecule has 0 spiro atoms. The molecule has 0 aliphatic carbocycles. The maximum absolute atomic E-state index is 12.6. The molecule has 0 aromatic heterocycles. The Morgan fingerprint density at radius 2 is 1.72 bits per heavy atom. The normalized spacial score (nSPS) is 9.83. The molecule has 0 aliphatic rings. The van der Waals surface area contributed by atoms with E-state index in [0.29, 0.717) is 5.56 Å². The smallest absolute Gasteiger partial charge is 0.236 e. The highest BCUT2D eigenvalue weighted by atomic mass is 19.1. The van der Waals surface area contributed by atoms with Crippen LogP contribution in [0.2, 0.25) is 0 Å². The number of nitrogens with two attached hydrogens (primary N) is 1. The minimum atomic E-state index is -0.645. The quantitative estimate of drug-likeness (QED) is 0.718. The van der Waals surface area contributed by atoms with E-state index in [1.54, 1.807) is 0 Å². The molecule has 0 saturated heterocycles. The van der Waals surface area contributed by atoms with E-state index in [1.165, 1.54) is 24.3 Å². The fourth-order valence-electron chi connectivity index (χ4n) is 1.28. The standard InChI is InChI=1S/C12H13FN2O3/c13-9-3-1-8(2-4-9)10(16)5-6-12(18)15-7-11(14)17/h1-4H,5-7H2,(H2,14,17)(H,15,18). The van der Waals surface area contributed by atoms with Gasteiger partial charge in [-0.2, -0.15) is 0 Å². The van der Waals surface area contributed by atoms with Crippen molar-refractivity contribution in [2.45, 2.75) is 12.8 Å². The minimum absolute atomic E-state index is 0.00374. The highest BCUT2D eigenvalue weighted by Gasteiger charge is 2.09. The SMILES string of the molecule is NC(=O)CNC(=O)CCC(=O)c1ccc(F)cc1. The Hall–Kier alpha value is -2.24. The predicted octanol–water partition coefficient (Wildman–Crippen LogP) is 0.390. The molecule has 0 saturated carbocycles. The van der Waals surface area contributed by atoms with Crippen molar-refractivity contribution in [3.8, 4) is 0 Å². The van der Waals surface area contributed by atoms with Crippen LogP contribution in [0.3, 0.4) is 0 Å². The number of ketones is 1. The second kappa shape index (κ2) is 6.48. The molecule has 1 rings (SSSR count). The van der Waals surface area contributed by atoms with Crippen molar-refractivity contribution < 1.29 is 18.8 Å². The van der Waals surface area contributed by atoms with E-state index in [0.717, 1.165) is 0 Å². The van der Waals surface area contributed by atoms with Gasteiger partial charge in [0.2, 0.25) is 11.8 Å². The number of halogens is 1. The van der Waals surface area contributed by atoms with Gasteiger partial charge in [-0.1, -0.05) is 0 Å². The molecule has 1 aromatic carbocycles. The summed E-state index contributed by atoms with van der Waals surface area (Å²) in [6.45, 7) is -0.246. The van der Waals surface area contributed by atoms with E-state index in [-0.39, 0.29) is 25.2 Å². The third kappa shape index (κ3) is 4.73. The van der Waals surface area contributed by atoms with Gasteiger partial charge in [-0.3, -0.25) is 14.4 Å². The van der Waals surface area contributed by atoms with Crippen molar-refractivity contribution >= 4 is 17.6 Å². The summed E-state index contributed by atoms with van der Waals surface area (Å²) in [5, 5.41) is 2.27. The number of hydrogen-bond donors (Lipinski definition) is 2. The first kappa shape index (κ1) is 13.8. The molecule has 18 heavy (non-hydrogen) atoms. The summed E-state index contributed by atoms with van der Waals surface area (Å²) in [5.74, 6) is -1.76. The fraction of sp³-hybridized carbons (Fsp3) is 0.250. The number of amides is 2. The van der Waals surface area contributed by atoms with E-state index < -0.39 is 17.6 Å². The van der Waals surface area contributed by atoms with Crippen LogP contribution in [0.4, 0.5) is 4.39 Å². The summed E-state index contributed by atoms with van der Waals surface area (Å²) in [4.78, 5) is 33.2. The lowest BCUT2D eigenvalue weighted by Gasteiger charge is -2.02. The zero-order valence-corrected chi connectivity index (χ0v) is 9.61. The molecule has 3 N–H and O–H groups in total. The van der Waals surface area contributed by atoms with Gasteiger partial charge in [-0.25, -0.2) is 4.39 Å². The van der Waals surface area contributed by atoms with E-state index in [9.17, 15) is 18.8 Å². The van der Waals surface area contributed by atoms with Crippen LogP contribution in [0.1, 0.15) is 23.2 Å². The average Bonchev–Trinajstić information content (AvgIpc) is 2.34. The van der Waals surface area contributed by atoms with Crippen LogP contribution >= 0.6 is 0 Å². The Morgan fingerprint density at radius 1 is 1.11 bits per heavy atom. The van der Waals surface area contributed by atoms with E-state index >= 15 is 0 Å². The van der Waals surface area contributed by atoms with Crippen LogP contribution in [-0.2, 0) is 9.59 Å². The summed E-state index contributed by atoms with van der Waals surface area (Å²) < 4.78 is 12.6. The number of carbonyl (C=O) groups excluding carboxylic acids is 3. The Bertz CT molecular complexity index is 457. The topological polar surface area (TPSA) is 89.3 Å². The Kier molecular flexibility index (Phi) is 4.98. The monoisotopic (exact) mass is 252 g/mol. The van der Waals surface area contributed by atoms with Gasteiger partial charge in [0.25, 0.3) is 0 Å². The number of Topliss-reactive ketones (excluding diaryl/α,β-unsaturated/α-hetero) is 1. The maximum atomic E-state index is 12.6. The van der Waals surface area contributed by atoms with Crippen molar-refractivity contribution in [3.63, 3.8) is 0 Å². The van der Waals surface area contributed by atoms with Gasteiger partial charge in [0.15, 0.2) is 5.78 Å². The lowest BCUT2D eigenvalue weighted by molar-refractivity contribution is -0.124. The lowest BCUT2D eigenvalue weighted by atomic mass is 10.1. The van der Waals surface area contributed by atoms with Crippen molar-refractivity contribution in [3.05, 3.63) is 35.6 Å². The van der Waals surface area contributed by atoms with E-state index in [1.807, 2.05) is 0 Å². The number of primary amides is 1. The van der Waals surface area contributed by atoms with Crippen molar-refractivity contribution in [2.24, 2.45) is 5.73 Å². The maximum Gasteiger partial charge on any atom is 0.236 e. The molecular weight excluding hydrogens is 239 g/mol. The number of rotatable bonds is 6. The number of hydrogen-bond acceptors (Lipinski definition) is 3. The largest absolute Gasteiger partial charge is 0.368 e. The van der Waals surface area contributed by atoms with Crippen LogP contribution in [-0.4, -0.2) is 24.1 Å². The van der Waals surface area contributed by atoms with Gasteiger partial charge in [-0.05, 0) is 24.3 Å². The first-order chi connectivity index (χ1) is 8.49.